The van der Waals surface area contributed by atoms with Crippen LogP contribution in [-0.4, -0.2) is 81.1 Å². The Balaban J connectivity index is 1.91. The van der Waals surface area contributed by atoms with E-state index in [1.54, 1.807) is 0 Å². The van der Waals surface area contributed by atoms with E-state index in [0.29, 0.717) is 11.5 Å². The monoisotopic (exact) mass is 289 g/mol. The maximum atomic E-state index is 11.6. The Kier molecular flexibility index (Phi) is 4.55. The van der Waals surface area contributed by atoms with E-state index in [-0.39, 0.29) is 11.6 Å². The highest BCUT2D eigenvalue weighted by Crippen LogP contribution is 2.21. The molecule has 2 aliphatic heterocycles. The molecule has 0 amide bonds. The Bertz CT molecular complexity index is 402. The molecular formula is C13H27N3O2S. The van der Waals surface area contributed by atoms with E-state index in [2.05, 4.69) is 36.0 Å². The van der Waals surface area contributed by atoms with E-state index >= 15 is 0 Å². The molecule has 1 atom stereocenters. The summed E-state index contributed by atoms with van der Waals surface area (Å²) in [6, 6.07) is 0.201. The van der Waals surface area contributed by atoms with Crippen LogP contribution in [0.2, 0.25) is 0 Å². The zero-order valence-corrected chi connectivity index (χ0v) is 13.2. The molecule has 1 unspecified atom stereocenters. The smallest absolute Gasteiger partial charge is 0.151 e. The average molecular weight is 289 g/mol. The van der Waals surface area contributed by atoms with E-state index in [1.165, 1.54) is 0 Å². The Hall–Kier alpha value is -0.170. The molecule has 0 aromatic rings. The number of hydrogen-bond donors (Lipinski definition) is 1. The fraction of sp³-hybridized carbons (Fsp3) is 1.00. The molecule has 0 aliphatic carbocycles. The summed E-state index contributed by atoms with van der Waals surface area (Å²) in [4.78, 5) is 4.75. The van der Waals surface area contributed by atoms with Crippen molar-refractivity contribution in [1.82, 2.24) is 15.1 Å². The molecule has 112 valence electrons. The van der Waals surface area contributed by atoms with Gasteiger partial charge in [0.25, 0.3) is 0 Å². The molecule has 1 N–H and O–H groups in total. The highest BCUT2D eigenvalue weighted by Gasteiger charge is 2.35. The van der Waals surface area contributed by atoms with Gasteiger partial charge in [0, 0.05) is 44.3 Å². The first kappa shape index (κ1) is 15.2. The fourth-order valence-electron chi connectivity index (χ4n) is 3.23. The summed E-state index contributed by atoms with van der Waals surface area (Å²) >= 11 is 0. The summed E-state index contributed by atoms with van der Waals surface area (Å²) in [5.74, 6) is 0.692. The number of nitrogens with one attached hydrogen (secondary N) is 1. The van der Waals surface area contributed by atoms with Crippen LogP contribution in [0.25, 0.3) is 0 Å². The third-order valence-corrected chi connectivity index (χ3v) is 6.19. The maximum absolute atomic E-state index is 11.6. The molecule has 6 heteroatoms. The highest BCUT2D eigenvalue weighted by molar-refractivity contribution is 7.91. The summed E-state index contributed by atoms with van der Waals surface area (Å²) in [6.07, 6.45) is 0.788. The van der Waals surface area contributed by atoms with Crippen LogP contribution in [0, 0.1) is 0 Å². The Morgan fingerprint density at radius 2 is 1.95 bits per heavy atom. The number of nitrogens with zero attached hydrogens (tertiary/aromatic N) is 2. The second-order valence-corrected chi connectivity index (χ2v) is 8.75. The molecule has 0 aromatic carbocycles. The van der Waals surface area contributed by atoms with Crippen LogP contribution in [0.1, 0.15) is 20.3 Å². The predicted octanol–water partition coefficient (Wildman–Crippen LogP) is -0.211. The van der Waals surface area contributed by atoms with E-state index in [1.807, 2.05) is 0 Å². The van der Waals surface area contributed by atoms with Gasteiger partial charge in [-0.3, -0.25) is 4.90 Å². The molecule has 5 nitrogen and oxygen atoms in total. The lowest BCUT2D eigenvalue weighted by atomic mass is 10.00. The van der Waals surface area contributed by atoms with Gasteiger partial charge < -0.3 is 10.2 Å². The summed E-state index contributed by atoms with van der Waals surface area (Å²) < 4.78 is 23.1. The first-order valence-electron chi connectivity index (χ1n) is 7.17. The molecule has 0 radical (unpaired) electrons. The van der Waals surface area contributed by atoms with Gasteiger partial charge in [-0.05, 0) is 27.3 Å². The third kappa shape index (κ3) is 3.90. The zero-order valence-electron chi connectivity index (χ0n) is 12.4. The molecule has 2 fully saturated rings. The van der Waals surface area contributed by atoms with Crippen LogP contribution in [0.3, 0.4) is 0 Å². The topological polar surface area (TPSA) is 52.6 Å². The molecule has 0 aromatic heterocycles. The second kappa shape index (κ2) is 5.68. The first-order valence-corrected chi connectivity index (χ1v) is 8.99. The minimum Gasteiger partial charge on any atom is -0.314 e. The molecule has 0 spiro atoms. The van der Waals surface area contributed by atoms with E-state index < -0.39 is 9.84 Å². The van der Waals surface area contributed by atoms with E-state index in [0.717, 1.165) is 39.1 Å². The van der Waals surface area contributed by atoms with Crippen molar-refractivity contribution in [3.05, 3.63) is 0 Å². The Labute approximate surface area is 117 Å². The van der Waals surface area contributed by atoms with Crippen LogP contribution in [0.5, 0.6) is 0 Å². The average Bonchev–Trinajstić information content (AvgIpc) is 2.70. The lowest BCUT2D eigenvalue weighted by Gasteiger charge is -2.44. The van der Waals surface area contributed by atoms with E-state index in [9.17, 15) is 8.42 Å². The summed E-state index contributed by atoms with van der Waals surface area (Å²) in [5.41, 5.74) is 0.100. The summed E-state index contributed by atoms with van der Waals surface area (Å²) in [7, 11) is -0.721. The van der Waals surface area contributed by atoms with Gasteiger partial charge in [0.05, 0.1) is 11.5 Å². The van der Waals surface area contributed by atoms with Crippen molar-refractivity contribution in [1.29, 1.82) is 0 Å². The van der Waals surface area contributed by atoms with Crippen molar-refractivity contribution in [2.24, 2.45) is 0 Å². The lowest BCUT2D eigenvalue weighted by molar-refractivity contribution is 0.0612. The van der Waals surface area contributed by atoms with Crippen LogP contribution in [0.15, 0.2) is 0 Å². The Morgan fingerprint density at radius 3 is 2.47 bits per heavy atom. The number of likely N-dealkylation sites (N-methyl/N-ethyl adjacent to an activating group) is 1. The third-order valence-electron chi connectivity index (χ3n) is 4.44. The quantitative estimate of drug-likeness (QED) is 0.776. The summed E-state index contributed by atoms with van der Waals surface area (Å²) in [5, 5.41) is 3.37. The largest absolute Gasteiger partial charge is 0.314 e. The van der Waals surface area contributed by atoms with Crippen molar-refractivity contribution in [2.75, 3.05) is 51.3 Å². The number of sulfone groups is 1. The van der Waals surface area contributed by atoms with Crippen LogP contribution >= 0.6 is 0 Å². The Morgan fingerprint density at radius 1 is 1.32 bits per heavy atom. The minimum atomic E-state index is -2.79. The molecule has 2 aliphatic rings. The van der Waals surface area contributed by atoms with Gasteiger partial charge in [-0.2, -0.15) is 0 Å². The van der Waals surface area contributed by atoms with Crippen molar-refractivity contribution < 1.29 is 8.42 Å². The van der Waals surface area contributed by atoms with Gasteiger partial charge in [-0.25, -0.2) is 8.42 Å². The first-order chi connectivity index (χ1) is 8.80. The number of piperazine rings is 1. The molecule has 2 rings (SSSR count). The van der Waals surface area contributed by atoms with Gasteiger partial charge in [0.15, 0.2) is 9.84 Å². The van der Waals surface area contributed by atoms with Crippen LogP contribution < -0.4 is 5.32 Å². The van der Waals surface area contributed by atoms with Gasteiger partial charge in [0.2, 0.25) is 0 Å². The molecule has 2 saturated heterocycles. The van der Waals surface area contributed by atoms with Gasteiger partial charge in [-0.1, -0.05) is 0 Å². The van der Waals surface area contributed by atoms with Gasteiger partial charge >= 0.3 is 0 Å². The van der Waals surface area contributed by atoms with Crippen LogP contribution in [0.4, 0.5) is 0 Å². The van der Waals surface area contributed by atoms with E-state index in [4.69, 9.17) is 0 Å². The minimum absolute atomic E-state index is 0.100. The zero-order chi connectivity index (χ0) is 14.1. The normalized spacial score (nSPS) is 28.9. The molecule has 2 heterocycles. The highest BCUT2D eigenvalue weighted by atomic mass is 32.2. The second-order valence-electron chi connectivity index (χ2n) is 6.52. The molecular weight excluding hydrogens is 262 g/mol. The SMILES string of the molecule is CN(CC(C)(C)N1CCNCC1)C1CCS(=O)(=O)C1. The molecule has 0 bridgehead atoms. The van der Waals surface area contributed by atoms with Crippen molar-refractivity contribution >= 4 is 9.84 Å². The standard InChI is InChI=1S/C13H27N3O2S/c1-13(2,16-7-5-14-6-8-16)11-15(3)12-4-9-19(17,18)10-12/h12,14H,4-11H2,1-3H3. The lowest BCUT2D eigenvalue weighted by Crippen LogP contribution is -2.58. The number of rotatable bonds is 4. The molecule has 19 heavy (non-hydrogen) atoms. The van der Waals surface area contributed by atoms with Gasteiger partial charge in [-0.15, -0.1) is 0 Å². The van der Waals surface area contributed by atoms with Crippen molar-refractivity contribution in [2.45, 2.75) is 31.8 Å². The van der Waals surface area contributed by atoms with Gasteiger partial charge in [0.1, 0.15) is 0 Å². The summed E-state index contributed by atoms with van der Waals surface area (Å²) in [6.45, 7) is 9.69. The fourth-order valence-corrected chi connectivity index (χ4v) is 5.04. The van der Waals surface area contributed by atoms with Crippen molar-refractivity contribution in [3.63, 3.8) is 0 Å². The van der Waals surface area contributed by atoms with Crippen molar-refractivity contribution in [3.8, 4) is 0 Å². The predicted molar refractivity (Wildman–Crippen MR) is 78.2 cm³/mol. The molecule has 0 saturated carbocycles. The maximum Gasteiger partial charge on any atom is 0.151 e. The number of hydrogen-bond acceptors (Lipinski definition) is 5. The van der Waals surface area contributed by atoms with Crippen LogP contribution in [-0.2, 0) is 9.84 Å².